The van der Waals surface area contributed by atoms with Gasteiger partial charge in [-0.25, -0.2) is 0 Å². The molecule has 6 fully saturated rings. The molecule has 0 radical (unpaired) electrons. The van der Waals surface area contributed by atoms with Gasteiger partial charge in [0, 0.05) is 18.8 Å². The Bertz CT molecular complexity index is 761. The molecule has 4 nitrogen and oxygen atoms in total. The molecule has 0 amide bonds. The number of hydrogen-bond donors (Lipinski definition) is 2. The molecule has 4 saturated carbocycles. The van der Waals surface area contributed by atoms with Crippen LogP contribution in [-0.4, -0.2) is 40.4 Å². The molecule has 4 aliphatic carbocycles. The fourth-order valence-electron chi connectivity index (χ4n) is 10.7. The molecule has 32 heavy (non-hydrogen) atoms. The first kappa shape index (κ1) is 22.3. The molecule has 0 unspecified atom stereocenters. The monoisotopic (exact) mass is 446 g/mol. The van der Waals surface area contributed by atoms with Crippen LogP contribution in [0.25, 0.3) is 0 Å². The van der Waals surface area contributed by atoms with Gasteiger partial charge in [0.25, 0.3) is 0 Å². The van der Waals surface area contributed by atoms with Crippen molar-refractivity contribution in [3.8, 4) is 0 Å². The zero-order valence-corrected chi connectivity index (χ0v) is 21.0. The van der Waals surface area contributed by atoms with Crippen LogP contribution >= 0.6 is 0 Å². The summed E-state index contributed by atoms with van der Waals surface area (Å²) in [5.74, 6) is 3.56. The minimum Gasteiger partial charge on any atom is -0.393 e. The largest absolute Gasteiger partial charge is 0.393 e. The average Bonchev–Trinajstić information content (AvgIpc) is 3.18. The first-order valence-corrected chi connectivity index (χ1v) is 13.8. The van der Waals surface area contributed by atoms with E-state index in [1.54, 1.807) is 0 Å². The highest BCUT2D eigenvalue weighted by Gasteiger charge is 2.71. The molecular weight excluding hydrogens is 400 g/mol. The SMILES string of the molecule is C[C@@H]1CC[C@@]2(OC1)O[C@H]1C[C@H]3[C@H]4C[C@@H](C)[C@@]5(O)C[C@H](O)CC[C@@]5(C)[C@H]4CC[C@@]3(C)[C@H]1[C@@H]2C. The number of rotatable bonds is 0. The van der Waals surface area contributed by atoms with E-state index in [9.17, 15) is 10.2 Å². The van der Waals surface area contributed by atoms with Gasteiger partial charge >= 0.3 is 0 Å². The van der Waals surface area contributed by atoms with Crippen LogP contribution in [0.3, 0.4) is 0 Å². The van der Waals surface area contributed by atoms with E-state index in [0.29, 0.717) is 53.4 Å². The van der Waals surface area contributed by atoms with Crippen LogP contribution in [0.15, 0.2) is 0 Å². The van der Waals surface area contributed by atoms with E-state index in [1.807, 2.05) is 0 Å². The van der Waals surface area contributed by atoms with Crippen molar-refractivity contribution in [3.05, 3.63) is 0 Å². The molecule has 13 atom stereocenters. The van der Waals surface area contributed by atoms with E-state index in [2.05, 4.69) is 34.6 Å². The van der Waals surface area contributed by atoms with E-state index < -0.39 is 5.60 Å². The number of aliphatic hydroxyl groups excluding tert-OH is 1. The third kappa shape index (κ3) is 2.65. The fraction of sp³-hybridized carbons (Fsp3) is 1.00. The molecule has 2 aliphatic heterocycles. The second kappa shape index (κ2) is 6.95. The van der Waals surface area contributed by atoms with Crippen molar-refractivity contribution in [1.82, 2.24) is 0 Å². The van der Waals surface area contributed by atoms with Crippen molar-refractivity contribution in [3.63, 3.8) is 0 Å². The predicted octanol–water partition coefficient (Wildman–Crippen LogP) is 5.15. The Kier molecular flexibility index (Phi) is 4.85. The van der Waals surface area contributed by atoms with Crippen LogP contribution < -0.4 is 0 Å². The van der Waals surface area contributed by atoms with Crippen molar-refractivity contribution < 1.29 is 19.7 Å². The van der Waals surface area contributed by atoms with E-state index in [1.165, 1.54) is 25.7 Å². The molecule has 2 N–H and O–H groups in total. The lowest BCUT2D eigenvalue weighted by Gasteiger charge is -2.66. The molecule has 6 aliphatic rings. The molecule has 0 bridgehead atoms. The smallest absolute Gasteiger partial charge is 0.171 e. The van der Waals surface area contributed by atoms with Crippen molar-refractivity contribution in [2.24, 2.45) is 52.3 Å². The normalized spacial score (nSPS) is 64.0. The summed E-state index contributed by atoms with van der Waals surface area (Å²) < 4.78 is 13.4. The maximum Gasteiger partial charge on any atom is 0.171 e. The van der Waals surface area contributed by atoms with Gasteiger partial charge < -0.3 is 19.7 Å². The van der Waals surface area contributed by atoms with Crippen LogP contribution in [0.4, 0.5) is 0 Å². The van der Waals surface area contributed by atoms with Crippen LogP contribution in [0.2, 0.25) is 0 Å². The Labute approximate surface area is 194 Å². The quantitative estimate of drug-likeness (QED) is 0.540. The van der Waals surface area contributed by atoms with Gasteiger partial charge in [-0.05, 0) is 91.3 Å². The standard InChI is InChI=1S/C28H46O4/c1-16-6-11-28(31-15-16)18(3)24-23(32-28)13-22-20-12-17(2)27(30)14-19(29)7-10-26(27,5)21(20)8-9-25(22,24)4/h16-24,29-30H,6-15H2,1-5H3/t16-,17-,18+,19-,20+,21+,22+,23+,24+,25-,26+,27+,28-/m1/s1. The molecule has 6 rings (SSSR count). The minimum absolute atomic E-state index is 0.0656. The van der Waals surface area contributed by atoms with E-state index in [0.717, 1.165) is 32.3 Å². The molecule has 1 spiro atoms. The van der Waals surface area contributed by atoms with E-state index in [4.69, 9.17) is 9.47 Å². The van der Waals surface area contributed by atoms with Crippen LogP contribution in [0.1, 0.15) is 92.4 Å². The molecule has 0 aromatic heterocycles. The summed E-state index contributed by atoms with van der Waals surface area (Å²) in [7, 11) is 0. The molecule has 0 aromatic carbocycles. The lowest BCUT2D eigenvalue weighted by molar-refractivity contribution is -0.276. The second-order valence-electron chi connectivity index (χ2n) is 13.8. The van der Waals surface area contributed by atoms with E-state index in [-0.39, 0.29) is 23.2 Å². The maximum atomic E-state index is 11.9. The summed E-state index contributed by atoms with van der Waals surface area (Å²) in [6, 6.07) is 0. The third-order valence-corrected chi connectivity index (χ3v) is 12.5. The summed E-state index contributed by atoms with van der Waals surface area (Å²) in [6.07, 6.45) is 9.42. The molecule has 0 aromatic rings. The average molecular weight is 447 g/mol. The lowest BCUT2D eigenvalue weighted by atomic mass is 9.41. The Morgan fingerprint density at radius 3 is 2.41 bits per heavy atom. The highest BCUT2D eigenvalue weighted by atomic mass is 16.7. The summed E-state index contributed by atoms with van der Waals surface area (Å²) in [5, 5.41) is 22.3. The Morgan fingerprint density at radius 1 is 0.906 bits per heavy atom. The number of fused-ring (bicyclic) bond motifs is 7. The lowest BCUT2D eigenvalue weighted by Crippen LogP contribution is -2.66. The number of ether oxygens (including phenoxy) is 2. The van der Waals surface area contributed by atoms with Gasteiger partial charge in [0.2, 0.25) is 0 Å². The predicted molar refractivity (Wildman–Crippen MR) is 124 cm³/mol. The van der Waals surface area contributed by atoms with Gasteiger partial charge in [-0.2, -0.15) is 0 Å². The fourth-order valence-corrected chi connectivity index (χ4v) is 10.7. The molecule has 2 saturated heterocycles. The molecule has 4 heteroatoms. The van der Waals surface area contributed by atoms with Gasteiger partial charge in [-0.3, -0.25) is 0 Å². The zero-order valence-electron chi connectivity index (χ0n) is 21.0. The van der Waals surface area contributed by atoms with E-state index >= 15 is 0 Å². The van der Waals surface area contributed by atoms with Crippen molar-refractivity contribution in [2.45, 2.75) is 116 Å². The second-order valence-corrected chi connectivity index (χ2v) is 13.8. The Balaban J connectivity index is 1.30. The highest BCUT2D eigenvalue weighted by Crippen LogP contribution is 2.72. The molecular formula is C28H46O4. The minimum atomic E-state index is -0.714. The Hall–Kier alpha value is -0.160. The number of hydrogen-bond acceptors (Lipinski definition) is 4. The van der Waals surface area contributed by atoms with Crippen molar-refractivity contribution in [1.29, 1.82) is 0 Å². The summed E-state index contributed by atoms with van der Waals surface area (Å²) in [4.78, 5) is 0. The highest BCUT2D eigenvalue weighted by molar-refractivity contribution is 5.19. The van der Waals surface area contributed by atoms with Crippen LogP contribution in [0, 0.1) is 52.3 Å². The van der Waals surface area contributed by atoms with Crippen LogP contribution in [0.5, 0.6) is 0 Å². The number of aliphatic hydroxyl groups is 2. The van der Waals surface area contributed by atoms with Gasteiger partial charge in [0.15, 0.2) is 5.79 Å². The Morgan fingerprint density at radius 2 is 1.69 bits per heavy atom. The van der Waals surface area contributed by atoms with Gasteiger partial charge in [0.05, 0.1) is 24.4 Å². The van der Waals surface area contributed by atoms with Crippen molar-refractivity contribution >= 4 is 0 Å². The molecule has 2 heterocycles. The molecule has 182 valence electrons. The summed E-state index contributed by atoms with van der Waals surface area (Å²) >= 11 is 0. The zero-order chi connectivity index (χ0) is 22.7. The topological polar surface area (TPSA) is 58.9 Å². The van der Waals surface area contributed by atoms with Gasteiger partial charge in [-0.1, -0.05) is 34.6 Å². The van der Waals surface area contributed by atoms with Gasteiger partial charge in [-0.15, -0.1) is 0 Å². The van der Waals surface area contributed by atoms with Gasteiger partial charge in [0.1, 0.15) is 0 Å². The maximum absolute atomic E-state index is 11.9. The third-order valence-electron chi connectivity index (χ3n) is 12.5. The first-order chi connectivity index (χ1) is 15.0. The first-order valence-electron chi connectivity index (χ1n) is 13.8. The summed E-state index contributed by atoms with van der Waals surface area (Å²) in [6.45, 7) is 12.8. The summed E-state index contributed by atoms with van der Waals surface area (Å²) in [5.41, 5.74) is -0.459. The van der Waals surface area contributed by atoms with Crippen LogP contribution in [-0.2, 0) is 9.47 Å². The van der Waals surface area contributed by atoms with Crippen molar-refractivity contribution in [2.75, 3.05) is 6.61 Å².